The lowest BCUT2D eigenvalue weighted by Crippen LogP contribution is -2.48. The molecule has 0 bridgehead atoms. The summed E-state index contributed by atoms with van der Waals surface area (Å²) in [6, 6.07) is 9.32. The minimum Gasteiger partial charge on any atom is -0.377 e. The third-order valence-corrected chi connectivity index (χ3v) is 5.85. The van der Waals surface area contributed by atoms with Crippen molar-refractivity contribution in [3.05, 3.63) is 57.5 Å². The lowest BCUT2D eigenvalue weighted by Gasteiger charge is -2.38. The molecule has 2 atom stereocenters. The van der Waals surface area contributed by atoms with E-state index >= 15 is 0 Å². The molecule has 1 aliphatic rings. The van der Waals surface area contributed by atoms with Gasteiger partial charge in [0.15, 0.2) is 0 Å². The van der Waals surface area contributed by atoms with Gasteiger partial charge in [-0.2, -0.15) is 4.98 Å². The van der Waals surface area contributed by atoms with Gasteiger partial charge in [-0.1, -0.05) is 37.6 Å². The first-order valence-electron chi connectivity index (χ1n) is 10.2. The number of nitrogens with one attached hydrogen (secondary N) is 2. The van der Waals surface area contributed by atoms with E-state index in [2.05, 4.69) is 34.0 Å². The summed E-state index contributed by atoms with van der Waals surface area (Å²) in [5.41, 5.74) is 1.07. The van der Waals surface area contributed by atoms with Crippen molar-refractivity contribution in [3.63, 3.8) is 0 Å². The number of aromatic amines is 1. The van der Waals surface area contributed by atoms with Gasteiger partial charge < -0.3 is 19.9 Å². The number of ether oxygens (including phenoxy) is 1. The maximum atomic E-state index is 12.6. The molecule has 0 aliphatic carbocycles. The van der Waals surface area contributed by atoms with Crippen LogP contribution >= 0.6 is 11.6 Å². The van der Waals surface area contributed by atoms with E-state index in [1.165, 1.54) is 0 Å². The van der Waals surface area contributed by atoms with Crippen LogP contribution in [0, 0.1) is 5.92 Å². The van der Waals surface area contributed by atoms with Gasteiger partial charge in [0.2, 0.25) is 5.95 Å². The Morgan fingerprint density at radius 3 is 2.93 bits per heavy atom. The number of para-hydroxylation sites is 1. The number of halogens is 1. The van der Waals surface area contributed by atoms with Crippen molar-refractivity contribution in [1.82, 2.24) is 15.0 Å². The van der Waals surface area contributed by atoms with E-state index in [1.54, 1.807) is 12.3 Å². The van der Waals surface area contributed by atoms with Gasteiger partial charge >= 0.3 is 0 Å². The molecule has 3 heterocycles. The predicted octanol–water partition coefficient (Wildman–Crippen LogP) is 4.01. The van der Waals surface area contributed by atoms with Gasteiger partial charge in [0, 0.05) is 23.7 Å². The topological polar surface area (TPSA) is 83.1 Å². The molecule has 4 rings (SSSR count). The highest BCUT2D eigenvalue weighted by Gasteiger charge is 2.27. The molecular weight excluding hydrogens is 402 g/mol. The van der Waals surface area contributed by atoms with Crippen molar-refractivity contribution in [3.8, 4) is 0 Å². The molecule has 1 aromatic carbocycles. The van der Waals surface area contributed by atoms with Crippen molar-refractivity contribution >= 4 is 34.3 Å². The SMILES string of the molecule is CC(C)[C@H]1COCCN1c1ccnc(N[C@@H](C)c2cc3cccc(Cl)c3[nH]c2=O)n1. The summed E-state index contributed by atoms with van der Waals surface area (Å²) >= 11 is 6.20. The van der Waals surface area contributed by atoms with Crippen LogP contribution in [-0.4, -0.2) is 40.8 Å². The van der Waals surface area contributed by atoms with Gasteiger partial charge in [0.05, 0.1) is 35.8 Å². The quantitative estimate of drug-likeness (QED) is 0.640. The molecule has 7 nitrogen and oxygen atoms in total. The number of hydrogen-bond acceptors (Lipinski definition) is 6. The Kier molecular flexibility index (Phi) is 5.92. The Morgan fingerprint density at radius 2 is 2.13 bits per heavy atom. The standard InChI is InChI=1S/C22H26ClN5O2/c1-13(2)18-12-30-10-9-28(18)19-7-8-24-22(26-19)25-14(3)16-11-15-5-4-6-17(23)20(15)27-21(16)29/h4-8,11,13-14,18H,9-10,12H2,1-3H3,(H,27,29)(H,24,25,26)/t14-,18+/m0/s1. The van der Waals surface area contributed by atoms with Crippen LogP contribution in [0.1, 0.15) is 32.4 Å². The molecule has 2 aromatic heterocycles. The molecular formula is C22H26ClN5O2. The minimum absolute atomic E-state index is 0.181. The summed E-state index contributed by atoms with van der Waals surface area (Å²) in [5.74, 6) is 1.79. The molecule has 0 unspecified atom stereocenters. The largest absolute Gasteiger partial charge is 0.377 e. The number of anilines is 2. The fourth-order valence-corrected chi connectivity index (χ4v) is 4.07. The first kappa shape index (κ1) is 20.6. The molecule has 0 saturated carbocycles. The average Bonchev–Trinajstić information content (AvgIpc) is 2.74. The van der Waals surface area contributed by atoms with E-state index in [9.17, 15) is 4.79 Å². The molecule has 0 amide bonds. The molecule has 158 valence electrons. The lowest BCUT2D eigenvalue weighted by atomic mass is 10.0. The van der Waals surface area contributed by atoms with Crippen LogP contribution in [0.3, 0.4) is 0 Å². The van der Waals surface area contributed by atoms with E-state index in [0.717, 1.165) is 17.7 Å². The fourth-order valence-electron chi connectivity index (χ4n) is 3.84. The van der Waals surface area contributed by atoms with Crippen LogP contribution in [0.25, 0.3) is 10.9 Å². The fraction of sp³-hybridized carbons (Fsp3) is 0.409. The van der Waals surface area contributed by atoms with Crippen molar-refractivity contribution in [2.45, 2.75) is 32.9 Å². The predicted molar refractivity (Wildman–Crippen MR) is 120 cm³/mol. The number of aromatic nitrogens is 3. The van der Waals surface area contributed by atoms with E-state index in [0.29, 0.717) is 41.2 Å². The van der Waals surface area contributed by atoms with Crippen molar-refractivity contribution in [1.29, 1.82) is 0 Å². The molecule has 0 radical (unpaired) electrons. The summed E-state index contributed by atoms with van der Waals surface area (Å²) in [7, 11) is 0. The second kappa shape index (κ2) is 8.62. The van der Waals surface area contributed by atoms with Crippen molar-refractivity contribution < 1.29 is 4.74 Å². The van der Waals surface area contributed by atoms with Crippen LogP contribution in [0.2, 0.25) is 5.02 Å². The first-order chi connectivity index (χ1) is 14.4. The van der Waals surface area contributed by atoms with Gasteiger partial charge in [-0.3, -0.25) is 4.79 Å². The maximum absolute atomic E-state index is 12.6. The highest BCUT2D eigenvalue weighted by molar-refractivity contribution is 6.35. The minimum atomic E-state index is -0.280. The molecule has 1 fully saturated rings. The van der Waals surface area contributed by atoms with Crippen LogP contribution in [-0.2, 0) is 4.74 Å². The molecule has 30 heavy (non-hydrogen) atoms. The second-order valence-electron chi connectivity index (χ2n) is 7.94. The molecule has 0 spiro atoms. The summed E-state index contributed by atoms with van der Waals surface area (Å²) in [6.45, 7) is 8.46. The zero-order valence-electron chi connectivity index (χ0n) is 17.4. The normalized spacial score (nSPS) is 18.0. The number of rotatable bonds is 5. The van der Waals surface area contributed by atoms with Gasteiger partial charge in [0.1, 0.15) is 5.82 Å². The molecule has 1 saturated heterocycles. The van der Waals surface area contributed by atoms with Gasteiger partial charge in [-0.15, -0.1) is 0 Å². The Hall–Kier alpha value is -2.64. The number of fused-ring (bicyclic) bond motifs is 1. The Labute approximate surface area is 180 Å². The second-order valence-corrected chi connectivity index (χ2v) is 8.35. The number of nitrogens with zero attached hydrogens (tertiary/aromatic N) is 3. The number of hydrogen-bond donors (Lipinski definition) is 2. The van der Waals surface area contributed by atoms with E-state index in [4.69, 9.17) is 21.3 Å². The third-order valence-electron chi connectivity index (χ3n) is 5.54. The van der Waals surface area contributed by atoms with E-state index in [-0.39, 0.29) is 17.6 Å². The van der Waals surface area contributed by atoms with Gasteiger partial charge in [0.25, 0.3) is 5.56 Å². The Bertz CT molecular complexity index is 1100. The number of H-pyrrole nitrogens is 1. The monoisotopic (exact) mass is 427 g/mol. The lowest BCUT2D eigenvalue weighted by molar-refractivity contribution is 0.0802. The van der Waals surface area contributed by atoms with Crippen LogP contribution in [0.15, 0.2) is 41.3 Å². The summed E-state index contributed by atoms with van der Waals surface area (Å²) in [4.78, 5) is 26.9. The highest BCUT2D eigenvalue weighted by Crippen LogP contribution is 2.25. The highest BCUT2D eigenvalue weighted by atomic mass is 35.5. The Balaban J connectivity index is 1.59. The number of pyridine rings is 1. The summed E-state index contributed by atoms with van der Waals surface area (Å²) < 4.78 is 5.66. The Morgan fingerprint density at radius 1 is 1.30 bits per heavy atom. The zero-order chi connectivity index (χ0) is 21.3. The number of benzene rings is 1. The maximum Gasteiger partial charge on any atom is 0.253 e. The zero-order valence-corrected chi connectivity index (χ0v) is 18.1. The third kappa shape index (κ3) is 4.13. The van der Waals surface area contributed by atoms with Crippen molar-refractivity contribution in [2.24, 2.45) is 5.92 Å². The first-order valence-corrected chi connectivity index (χ1v) is 10.6. The molecule has 8 heteroatoms. The van der Waals surface area contributed by atoms with Crippen LogP contribution < -0.4 is 15.8 Å². The molecule has 2 N–H and O–H groups in total. The smallest absolute Gasteiger partial charge is 0.253 e. The van der Waals surface area contributed by atoms with Crippen LogP contribution in [0.5, 0.6) is 0 Å². The van der Waals surface area contributed by atoms with E-state index < -0.39 is 0 Å². The van der Waals surface area contributed by atoms with Crippen LogP contribution in [0.4, 0.5) is 11.8 Å². The summed E-state index contributed by atoms with van der Waals surface area (Å²) in [5, 5.41) is 4.68. The molecule has 3 aromatic rings. The average molecular weight is 428 g/mol. The summed E-state index contributed by atoms with van der Waals surface area (Å²) in [6.07, 6.45) is 1.74. The molecule has 1 aliphatic heterocycles. The van der Waals surface area contributed by atoms with Gasteiger partial charge in [-0.05, 0) is 31.0 Å². The number of morpholine rings is 1. The van der Waals surface area contributed by atoms with E-state index in [1.807, 2.05) is 31.2 Å². The van der Waals surface area contributed by atoms with Crippen molar-refractivity contribution in [2.75, 3.05) is 30.0 Å². The van der Waals surface area contributed by atoms with Gasteiger partial charge in [-0.25, -0.2) is 4.98 Å².